The van der Waals surface area contributed by atoms with Crippen molar-refractivity contribution >= 4 is 17.8 Å². The van der Waals surface area contributed by atoms with Crippen LogP contribution < -0.4 is 5.32 Å². The van der Waals surface area contributed by atoms with E-state index in [1.54, 1.807) is 0 Å². The van der Waals surface area contributed by atoms with E-state index < -0.39 is 12.2 Å². The van der Waals surface area contributed by atoms with Gasteiger partial charge in [-0.15, -0.1) is 0 Å². The number of nitrogens with one attached hydrogen (secondary N) is 1. The zero-order valence-electron chi connectivity index (χ0n) is 16.3. The maximum Gasteiger partial charge on any atom is 0.407 e. The van der Waals surface area contributed by atoms with Gasteiger partial charge in [-0.05, 0) is 36.7 Å². The predicted molar refractivity (Wildman–Crippen MR) is 104 cm³/mol. The molecule has 0 spiro atoms. The highest BCUT2D eigenvalue weighted by Gasteiger charge is 2.36. The minimum absolute atomic E-state index is 0.00739. The van der Waals surface area contributed by atoms with Gasteiger partial charge in [0.05, 0.1) is 6.42 Å². The number of hydrogen-bond donors (Lipinski definition) is 1. The number of ketones is 1. The Morgan fingerprint density at radius 1 is 1.07 bits per heavy atom. The zero-order valence-corrected chi connectivity index (χ0v) is 16.3. The first-order valence-electron chi connectivity index (χ1n) is 10.2. The second-order valence-corrected chi connectivity index (χ2v) is 7.99. The van der Waals surface area contributed by atoms with Crippen molar-refractivity contribution in [3.05, 3.63) is 35.9 Å². The Morgan fingerprint density at radius 2 is 1.82 bits per heavy atom. The molecule has 0 radical (unpaired) electrons. The molecule has 2 saturated carbocycles. The molecule has 0 aliphatic heterocycles. The van der Waals surface area contributed by atoms with Gasteiger partial charge in [-0.3, -0.25) is 9.59 Å². The van der Waals surface area contributed by atoms with Gasteiger partial charge in [0.2, 0.25) is 0 Å². The molecule has 2 aliphatic carbocycles. The molecular weight excluding hydrogens is 358 g/mol. The largest absolute Gasteiger partial charge is 0.461 e. The van der Waals surface area contributed by atoms with E-state index in [4.69, 9.17) is 9.47 Å². The number of esters is 1. The highest BCUT2D eigenvalue weighted by atomic mass is 16.6. The standard InChI is InChI=1S/C22H29NO5/c24-18-10-7-11-19(18)28-21(26)23-16-22(12-5-2-6-13-22)14-20(25)27-15-17-8-3-1-4-9-17/h1,3-4,8-9,19H,2,5-7,10-16H2,(H,23,26)/t19-/m1/s1. The first-order valence-corrected chi connectivity index (χ1v) is 10.2. The quantitative estimate of drug-likeness (QED) is 0.717. The van der Waals surface area contributed by atoms with Crippen molar-refractivity contribution in [1.29, 1.82) is 0 Å². The second-order valence-electron chi connectivity index (χ2n) is 7.99. The Balaban J connectivity index is 1.50. The van der Waals surface area contributed by atoms with Crippen LogP contribution in [0.25, 0.3) is 0 Å². The van der Waals surface area contributed by atoms with Gasteiger partial charge in [-0.25, -0.2) is 4.79 Å². The van der Waals surface area contributed by atoms with Crippen molar-refractivity contribution in [3.63, 3.8) is 0 Å². The summed E-state index contributed by atoms with van der Waals surface area (Å²) in [6.45, 7) is 0.627. The van der Waals surface area contributed by atoms with E-state index in [-0.39, 0.29) is 30.2 Å². The molecule has 1 amide bonds. The highest BCUT2D eigenvalue weighted by Crippen LogP contribution is 2.39. The third kappa shape index (κ3) is 5.81. The molecule has 0 unspecified atom stereocenters. The Bertz CT molecular complexity index is 681. The molecule has 152 valence electrons. The Labute approximate surface area is 166 Å². The first-order chi connectivity index (χ1) is 13.6. The van der Waals surface area contributed by atoms with Crippen LogP contribution in [-0.4, -0.2) is 30.5 Å². The SMILES string of the molecule is O=C(CC1(CNC(=O)O[C@@H]2CCCC2=O)CCCCC1)OCc1ccccc1. The molecule has 0 saturated heterocycles. The van der Waals surface area contributed by atoms with E-state index in [0.29, 0.717) is 19.4 Å². The van der Waals surface area contributed by atoms with Crippen molar-refractivity contribution in [2.45, 2.75) is 70.5 Å². The Morgan fingerprint density at radius 3 is 2.50 bits per heavy atom. The first kappa shape index (κ1) is 20.4. The van der Waals surface area contributed by atoms with E-state index >= 15 is 0 Å². The minimum atomic E-state index is -0.613. The number of Topliss-reactive ketones (excluding diaryl/α,β-unsaturated/α-hetero) is 1. The van der Waals surface area contributed by atoms with Crippen LogP contribution in [0, 0.1) is 5.41 Å². The van der Waals surface area contributed by atoms with Gasteiger partial charge in [-0.2, -0.15) is 0 Å². The number of carbonyl (C=O) groups is 3. The number of alkyl carbamates (subject to hydrolysis) is 1. The highest BCUT2D eigenvalue weighted by molar-refractivity contribution is 5.87. The van der Waals surface area contributed by atoms with E-state index in [2.05, 4.69) is 5.32 Å². The van der Waals surface area contributed by atoms with E-state index in [0.717, 1.165) is 44.1 Å². The molecule has 28 heavy (non-hydrogen) atoms. The van der Waals surface area contributed by atoms with Gasteiger partial charge in [0.15, 0.2) is 11.9 Å². The number of carbonyl (C=O) groups excluding carboxylic acids is 3. The average Bonchev–Trinajstić information content (AvgIpc) is 3.11. The summed E-state index contributed by atoms with van der Waals surface area (Å²) >= 11 is 0. The van der Waals surface area contributed by atoms with Crippen LogP contribution in [0.4, 0.5) is 4.79 Å². The summed E-state index contributed by atoms with van der Waals surface area (Å²) in [7, 11) is 0. The molecule has 1 aromatic rings. The Kier molecular flexibility index (Phi) is 7.06. The van der Waals surface area contributed by atoms with E-state index in [1.807, 2.05) is 30.3 Å². The molecule has 1 aromatic carbocycles. The minimum Gasteiger partial charge on any atom is -0.461 e. The third-order valence-electron chi connectivity index (χ3n) is 5.78. The zero-order chi connectivity index (χ0) is 19.8. The maximum absolute atomic E-state index is 12.4. The molecule has 1 N–H and O–H groups in total. The molecule has 2 fully saturated rings. The summed E-state index contributed by atoms with van der Waals surface area (Å²) in [6.07, 6.45) is 5.90. The molecule has 0 heterocycles. The van der Waals surface area contributed by atoms with Gasteiger partial charge < -0.3 is 14.8 Å². The van der Waals surface area contributed by atoms with E-state index in [9.17, 15) is 14.4 Å². The summed E-state index contributed by atoms with van der Waals surface area (Å²) in [5.74, 6) is -0.251. The van der Waals surface area contributed by atoms with Crippen molar-refractivity contribution in [1.82, 2.24) is 5.32 Å². The second kappa shape index (κ2) is 9.71. The average molecular weight is 387 g/mol. The maximum atomic E-state index is 12.4. The van der Waals surface area contributed by atoms with Crippen LogP contribution in [0.15, 0.2) is 30.3 Å². The molecule has 3 rings (SSSR count). The van der Waals surface area contributed by atoms with Gasteiger partial charge in [0, 0.05) is 13.0 Å². The van der Waals surface area contributed by atoms with Gasteiger partial charge in [0.25, 0.3) is 0 Å². The fourth-order valence-corrected chi connectivity index (χ4v) is 4.15. The smallest absolute Gasteiger partial charge is 0.407 e. The molecule has 0 aromatic heterocycles. The van der Waals surface area contributed by atoms with E-state index in [1.165, 1.54) is 0 Å². The lowest BCUT2D eigenvalue weighted by molar-refractivity contribution is -0.148. The van der Waals surface area contributed by atoms with Crippen LogP contribution in [0.1, 0.15) is 63.4 Å². The van der Waals surface area contributed by atoms with Gasteiger partial charge >= 0.3 is 12.1 Å². The third-order valence-corrected chi connectivity index (χ3v) is 5.78. The fraction of sp³-hybridized carbons (Fsp3) is 0.591. The molecule has 6 nitrogen and oxygen atoms in total. The molecule has 0 bridgehead atoms. The van der Waals surface area contributed by atoms with Crippen molar-refractivity contribution in [2.24, 2.45) is 5.41 Å². The normalized spacial score (nSPS) is 21.1. The van der Waals surface area contributed by atoms with Crippen molar-refractivity contribution in [2.75, 3.05) is 6.54 Å². The lowest BCUT2D eigenvalue weighted by Crippen LogP contribution is -2.42. The topological polar surface area (TPSA) is 81.7 Å². The predicted octanol–water partition coefficient (Wildman–Crippen LogP) is 3.92. The molecule has 2 aliphatic rings. The van der Waals surface area contributed by atoms with Crippen LogP contribution >= 0.6 is 0 Å². The summed E-state index contributed by atoms with van der Waals surface area (Å²) in [5, 5.41) is 2.80. The monoisotopic (exact) mass is 387 g/mol. The molecule has 6 heteroatoms. The molecule has 1 atom stereocenters. The summed E-state index contributed by atoms with van der Waals surface area (Å²) in [6, 6.07) is 9.59. The Hall–Kier alpha value is -2.37. The van der Waals surface area contributed by atoms with Crippen LogP contribution in [0.3, 0.4) is 0 Å². The number of rotatable bonds is 7. The summed E-state index contributed by atoms with van der Waals surface area (Å²) in [5.41, 5.74) is 0.654. The fourth-order valence-electron chi connectivity index (χ4n) is 4.15. The van der Waals surface area contributed by atoms with Crippen LogP contribution in [0.5, 0.6) is 0 Å². The number of ether oxygens (including phenoxy) is 2. The van der Waals surface area contributed by atoms with Crippen molar-refractivity contribution in [3.8, 4) is 0 Å². The van der Waals surface area contributed by atoms with Crippen molar-refractivity contribution < 1.29 is 23.9 Å². The van der Waals surface area contributed by atoms with Gasteiger partial charge in [0.1, 0.15) is 6.61 Å². The summed E-state index contributed by atoms with van der Waals surface area (Å²) < 4.78 is 10.7. The van der Waals surface area contributed by atoms with Gasteiger partial charge in [-0.1, -0.05) is 49.6 Å². The number of hydrogen-bond acceptors (Lipinski definition) is 5. The number of amides is 1. The van der Waals surface area contributed by atoms with Crippen LogP contribution in [-0.2, 0) is 25.7 Å². The summed E-state index contributed by atoms with van der Waals surface area (Å²) in [4.78, 5) is 36.2. The lowest BCUT2D eigenvalue weighted by atomic mass is 9.71. The van der Waals surface area contributed by atoms with Crippen LogP contribution in [0.2, 0.25) is 0 Å². The lowest BCUT2D eigenvalue weighted by Gasteiger charge is -2.36. The number of benzene rings is 1. The molecular formula is C22H29NO5.